The molecule has 2 N–H and O–H groups in total. The first-order valence-electron chi connectivity index (χ1n) is 8.17. The van der Waals surface area contributed by atoms with E-state index in [4.69, 9.17) is 0 Å². The van der Waals surface area contributed by atoms with E-state index in [1.54, 1.807) is 5.38 Å². The first-order valence-corrected chi connectivity index (χ1v) is 9.05. The van der Waals surface area contributed by atoms with Gasteiger partial charge in [0.05, 0.1) is 0 Å². The van der Waals surface area contributed by atoms with Crippen LogP contribution in [0.15, 0.2) is 47.8 Å². The van der Waals surface area contributed by atoms with Crippen molar-refractivity contribution in [2.75, 3.05) is 10.6 Å². The predicted molar refractivity (Wildman–Crippen MR) is 102 cm³/mol. The number of hydrogen-bond acceptors (Lipinski definition) is 5. The summed E-state index contributed by atoms with van der Waals surface area (Å²) >= 11 is 1.21. The van der Waals surface area contributed by atoms with Crippen LogP contribution in [-0.4, -0.2) is 17.3 Å². The van der Waals surface area contributed by atoms with Crippen LogP contribution in [0.5, 0.6) is 5.75 Å². The minimum atomic E-state index is -4.73. The Morgan fingerprint density at radius 3 is 2.32 bits per heavy atom. The smallest absolute Gasteiger partial charge is 0.406 e. The van der Waals surface area contributed by atoms with Crippen LogP contribution in [0, 0.1) is 13.8 Å². The molecule has 3 aromatic rings. The molecule has 28 heavy (non-hydrogen) atoms. The van der Waals surface area contributed by atoms with Crippen molar-refractivity contribution in [3.8, 4) is 5.75 Å². The molecular weight excluding hydrogens is 391 g/mol. The molecule has 2 aromatic carbocycles. The predicted octanol–water partition coefficient (Wildman–Crippen LogP) is 5.65. The Balaban J connectivity index is 1.66. The summed E-state index contributed by atoms with van der Waals surface area (Å²) in [6, 6.07) is 11.0. The van der Waals surface area contributed by atoms with Gasteiger partial charge in [0, 0.05) is 16.8 Å². The van der Waals surface area contributed by atoms with E-state index in [-0.39, 0.29) is 17.4 Å². The summed E-state index contributed by atoms with van der Waals surface area (Å²) in [5.41, 5.74) is 3.40. The highest BCUT2D eigenvalue weighted by molar-refractivity contribution is 7.14. The van der Waals surface area contributed by atoms with Gasteiger partial charge >= 0.3 is 6.36 Å². The first-order chi connectivity index (χ1) is 13.2. The van der Waals surface area contributed by atoms with E-state index in [0.717, 1.165) is 16.8 Å². The quantitative estimate of drug-likeness (QED) is 0.573. The second kappa shape index (κ2) is 7.89. The number of aryl methyl sites for hydroxylation is 2. The molecule has 1 amide bonds. The maximum Gasteiger partial charge on any atom is 0.573 e. The topological polar surface area (TPSA) is 63.2 Å². The fraction of sp³-hybridized carbons (Fsp3) is 0.158. The molecule has 0 aliphatic carbocycles. The molecule has 5 nitrogen and oxygen atoms in total. The van der Waals surface area contributed by atoms with Gasteiger partial charge in [-0.15, -0.1) is 24.5 Å². The van der Waals surface area contributed by atoms with Crippen LogP contribution in [-0.2, 0) is 0 Å². The Bertz CT molecular complexity index is 965. The molecule has 0 saturated carbocycles. The lowest BCUT2D eigenvalue weighted by Gasteiger charge is -2.10. The zero-order valence-corrected chi connectivity index (χ0v) is 15.7. The van der Waals surface area contributed by atoms with Crippen LogP contribution in [0.1, 0.15) is 21.6 Å². The molecule has 0 atom stereocenters. The minimum absolute atomic E-state index is 0.243. The Kier molecular flexibility index (Phi) is 5.55. The van der Waals surface area contributed by atoms with Crippen molar-refractivity contribution >= 4 is 33.8 Å². The number of halogens is 3. The number of amides is 1. The van der Waals surface area contributed by atoms with E-state index in [9.17, 15) is 18.0 Å². The monoisotopic (exact) mass is 407 g/mol. The number of para-hydroxylation sites is 1. The molecule has 0 unspecified atom stereocenters. The summed E-state index contributed by atoms with van der Waals surface area (Å²) in [4.78, 5) is 16.7. The normalized spacial score (nSPS) is 11.2. The number of hydrogen-bond donors (Lipinski definition) is 2. The molecule has 3 rings (SSSR count). The van der Waals surface area contributed by atoms with Gasteiger partial charge in [0.25, 0.3) is 5.91 Å². The highest BCUT2D eigenvalue weighted by Gasteiger charge is 2.30. The SMILES string of the molecule is Cc1cccc(C)c1NC(=O)c1csc(Nc2ccc(OC(F)(F)F)cc2)n1. The Morgan fingerprint density at radius 1 is 1.07 bits per heavy atom. The number of carbonyl (C=O) groups is 1. The number of carbonyl (C=O) groups excluding carboxylic acids is 1. The van der Waals surface area contributed by atoms with E-state index in [1.165, 1.54) is 35.6 Å². The maximum absolute atomic E-state index is 12.4. The lowest BCUT2D eigenvalue weighted by Crippen LogP contribution is -2.16. The van der Waals surface area contributed by atoms with Crippen molar-refractivity contribution < 1.29 is 22.7 Å². The van der Waals surface area contributed by atoms with Gasteiger partial charge in [-0.2, -0.15) is 0 Å². The van der Waals surface area contributed by atoms with Crippen molar-refractivity contribution in [1.29, 1.82) is 0 Å². The summed E-state index contributed by atoms with van der Waals surface area (Å²) in [7, 11) is 0. The van der Waals surface area contributed by atoms with Crippen LogP contribution in [0.2, 0.25) is 0 Å². The number of rotatable bonds is 5. The summed E-state index contributed by atoms with van der Waals surface area (Å²) in [5.74, 6) is -0.651. The van der Waals surface area contributed by atoms with Crippen LogP contribution in [0.3, 0.4) is 0 Å². The molecule has 1 heterocycles. The van der Waals surface area contributed by atoms with E-state index in [1.807, 2.05) is 32.0 Å². The highest BCUT2D eigenvalue weighted by Crippen LogP contribution is 2.27. The van der Waals surface area contributed by atoms with E-state index in [2.05, 4.69) is 20.4 Å². The molecule has 0 spiro atoms. The summed E-state index contributed by atoms with van der Waals surface area (Å²) in [6.45, 7) is 3.81. The number of nitrogens with zero attached hydrogens (tertiary/aromatic N) is 1. The number of thiazole rings is 1. The van der Waals surface area contributed by atoms with Crippen LogP contribution < -0.4 is 15.4 Å². The van der Waals surface area contributed by atoms with E-state index < -0.39 is 6.36 Å². The number of ether oxygens (including phenoxy) is 1. The minimum Gasteiger partial charge on any atom is -0.406 e. The van der Waals surface area contributed by atoms with Gasteiger partial charge in [0.2, 0.25) is 0 Å². The van der Waals surface area contributed by atoms with Crippen LogP contribution >= 0.6 is 11.3 Å². The van der Waals surface area contributed by atoms with Gasteiger partial charge in [-0.3, -0.25) is 4.79 Å². The third kappa shape index (κ3) is 5.01. The average Bonchev–Trinajstić information content (AvgIpc) is 3.07. The fourth-order valence-electron chi connectivity index (χ4n) is 2.49. The number of anilines is 3. The van der Waals surface area contributed by atoms with Crippen molar-refractivity contribution in [1.82, 2.24) is 4.98 Å². The number of alkyl halides is 3. The number of aromatic nitrogens is 1. The second-order valence-corrected chi connectivity index (χ2v) is 6.81. The zero-order valence-electron chi connectivity index (χ0n) is 14.9. The lowest BCUT2D eigenvalue weighted by molar-refractivity contribution is -0.274. The molecule has 0 bridgehead atoms. The van der Waals surface area contributed by atoms with Gasteiger partial charge < -0.3 is 15.4 Å². The van der Waals surface area contributed by atoms with E-state index >= 15 is 0 Å². The summed E-state index contributed by atoms with van der Waals surface area (Å²) < 4.78 is 40.4. The Morgan fingerprint density at radius 2 is 1.71 bits per heavy atom. The molecule has 0 aliphatic rings. The van der Waals surface area contributed by atoms with Gasteiger partial charge in [-0.25, -0.2) is 4.98 Å². The molecule has 1 aromatic heterocycles. The van der Waals surface area contributed by atoms with Crippen LogP contribution in [0.4, 0.5) is 29.7 Å². The largest absolute Gasteiger partial charge is 0.573 e. The Hall–Kier alpha value is -3.07. The molecule has 0 fully saturated rings. The van der Waals surface area contributed by atoms with Crippen molar-refractivity contribution in [2.24, 2.45) is 0 Å². The van der Waals surface area contributed by atoms with Crippen molar-refractivity contribution in [2.45, 2.75) is 20.2 Å². The third-order valence-corrected chi connectivity index (χ3v) is 4.55. The van der Waals surface area contributed by atoms with Crippen LogP contribution in [0.25, 0.3) is 0 Å². The average molecular weight is 407 g/mol. The van der Waals surface area contributed by atoms with Gasteiger partial charge in [0.1, 0.15) is 11.4 Å². The molecule has 9 heteroatoms. The van der Waals surface area contributed by atoms with E-state index in [0.29, 0.717) is 10.8 Å². The standard InChI is InChI=1S/C19H16F3N3O2S/c1-11-4-3-5-12(2)16(11)25-17(26)15-10-28-18(24-15)23-13-6-8-14(9-7-13)27-19(20,21)22/h3-10H,1-2H3,(H,23,24)(H,25,26). The molecule has 146 valence electrons. The highest BCUT2D eigenvalue weighted by atomic mass is 32.1. The Labute approximate surface area is 163 Å². The molecular formula is C19H16F3N3O2S. The fourth-order valence-corrected chi connectivity index (χ4v) is 3.20. The maximum atomic E-state index is 12.4. The second-order valence-electron chi connectivity index (χ2n) is 5.96. The van der Waals surface area contributed by atoms with Gasteiger partial charge in [-0.1, -0.05) is 18.2 Å². The zero-order chi connectivity index (χ0) is 20.3. The lowest BCUT2D eigenvalue weighted by atomic mass is 10.1. The number of nitrogens with one attached hydrogen (secondary N) is 2. The third-order valence-electron chi connectivity index (χ3n) is 3.80. The van der Waals surface area contributed by atoms with Crippen molar-refractivity contribution in [3.05, 3.63) is 64.7 Å². The number of benzene rings is 2. The first kappa shape index (κ1) is 19.7. The van der Waals surface area contributed by atoms with Gasteiger partial charge in [0.15, 0.2) is 5.13 Å². The summed E-state index contributed by atoms with van der Waals surface area (Å²) in [5, 5.41) is 7.85. The molecule has 0 radical (unpaired) electrons. The molecule has 0 saturated heterocycles. The van der Waals surface area contributed by atoms with Gasteiger partial charge in [-0.05, 0) is 49.2 Å². The summed E-state index contributed by atoms with van der Waals surface area (Å²) in [6.07, 6.45) is -4.73. The van der Waals surface area contributed by atoms with Crippen molar-refractivity contribution in [3.63, 3.8) is 0 Å². The molecule has 0 aliphatic heterocycles.